The lowest BCUT2D eigenvalue weighted by molar-refractivity contribution is -0.202. The van der Waals surface area contributed by atoms with E-state index in [0.29, 0.717) is 0 Å². The van der Waals surface area contributed by atoms with Crippen molar-refractivity contribution >= 4 is 11.9 Å². The molecule has 4 nitrogen and oxygen atoms in total. The molecule has 3 aliphatic carbocycles. The summed E-state index contributed by atoms with van der Waals surface area (Å²) in [5.41, 5.74) is -0.322. The van der Waals surface area contributed by atoms with Crippen molar-refractivity contribution in [3.63, 3.8) is 0 Å². The number of esters is 1. The van der Waals surface area contributed by atoms with Crippen molar-refractivity contribution in [2.75, 3.05) is 7.11 Å². The van der Waals surface area contributed by atoms with Gasteiger partial charge in [0, 0.05) is 12.5 Å². The summed E-state index contributed by atoms with van der Waals surface area (Å²) >= 11 is 0. The minimum absolute atomic E-state index is 0.0156. The molecule has 13 heavy (non-hydrogen) atoms. The number of ether oxygens (including phenoxy) is 1. The first-order valence-corrected chi connectivity index (χ1v) is 4.39. The second-order valence-electron chi connectivity index (χ2n) is 4.26. The lowest BCUT2D eigenvalue weighted by Gasteiger charge is -2.68. The third kappa shape index (κ3) is 0.975. The number of carbonyl (C=O) groups is 2. The normalized spacial score (nSPS) is 39.8. The molecule has 0 unspecified atom stereocenters. The Balaban J connectivity index is 1.93. The van der Waals surface area contributed by atoms with Gasteiger partial charge >= 0.3 is 5.97 Å². The number of rotatable bonds is 2. The van der Waals surface area contributed by atoms with Crippen LogP contribution in [0.25, 0.3) is 0 Å². The second-order valence-corrected chi connectivity index (χ2v) is 4.26. The van der Waals surface area contributed by atoms with Crippen LogP contribution in [-0.2, 0) is 14.3 Å². The topological polar surface area (TPSA) is 55.4 Å². The van der Waals surface area contributed by atoms with Crippen LogP contribution >= 0.6 is 0 Å². The maximum Gasteiger partial charge on any atom is 0.312 e. The molecule has 0 saturated heterocycles. The first-order chi connectivity index (χ1) is 6.02. The smallest absolute Gasteiger partial charge is 0.312 e. The van der Waals surface area contributed by atoms with E-state index in [-0.39, 0.29) is 22.8 Å². The van der Waals surface area contributed by atoms with Crippen LogP contribution in [0.3, 0.4) is 0 Å². The van der Waals surface area contributed by atoms with Gasteiger partial charge in [-0.05, 0) is 19.3 Å². The molecule has 0 atom stereocenters. The Labute approximate surface area is 76.6 Å². The van der Waals surface area contributed by atoms with Gasteiger partial charge in [0.05, 0.1) is 12.5 Å². The maximum absolute atomic E-state index is 11.2. The van der Waals surface area contributed by atoms with Crippen LogP contribution < -0.4 is 5.32 Å². The standard InChI is InChI=1S/C9H13NO3/c1-6(11)10-9-3-8(4-9,5-9)7(12)13-2/h3-5H2,1-2H3,(H,10,11). The zero-order valence-electron chi connectivity index (χ0n) is 7.85. The molecular formula is C9H13NO3. The molecule has 1 amide bonds. The third-order valence-corrected chi connectivity index (χ3v) is 3.09. The van der Waals surface area contributed by atoms with Crippen molar-refractivity contribution in [1.29, 1.82) is 0 Å². The Hall–Kier alpha value is -1.06. The lowest BCUT2D eigenvalue weighted by atomic mass is 9.39. The number of nitrogens with one attached hydrogen (secondary N) is 1. The highest BCUT2D eigenvalue weighted by Crippen LogP contribution is 2.67. The van der Waals surface area contributed by atoms with Crippen molar-refractivity contribution < 1.29 is 14.3 Å². The number of hydrogen-bond acceptors (Lipinski definition) is 3. The molecule has 2 bridgehead atoms. The van der Waals surface area contributed by atoms with E-state index in [1.54, 1.807) is 0 Å². The molecule has 72 valence electrons. The maximum atomic E-state index is 11.2. The van der Waals surface area contributed by atoms with Crippen LogP contribution in [0.1, 0.15) is 26.2 Å². The third-order valence-electron chi connectivity index (χ3n) is 3.09. The van der Waals surface area contributed by atoms with E-state index < -0.39 is 0 Å². The molecule has 3 saturated carbocycles. The van der Waals surface area contributed by atoms with E-state index in [1.807, 2.05) is 0 Å². The van der Waals surface area contributed by atoms with Gasteiger partial charge in [0.2, 0.25) is 5.91 Å². The van der Waals surface area contributed by atoms with Crippen molar-refractivity contribution in [2.24, 2.45) is 5.41 Å². The van der Waals surface area contributed by atoms with Gasteiger partial charge in [0.15, 0.2) is 0 Å². The van der Waals surface area contributed by atoms with Crippen LogP contribution in [0, 0.1) is 5.41 Å². The average Bonchev–Trinajstić information content (AvgIpc) is 1.92. The lowest BCUT2D eigenvalue weighted by Crippen LogP contribution is -2.77. The van der Waals surface area contributed by atoms with E-state index in [9.17, 15) is 9.59 Å². The van der Waals surface area contributed by atoms with E-state index >= 15 is 0 Å². The quantitative estimate of drug-likeness (QED) is 0.623. The van der Waals surface area contributed by atoms with E-state index in [2.05, 4.69) is 5.32 Å². The molecule has 4 heteroatoms. The highest BCUT2D eigenvalue weighted by Gasteiger charge is 2.72. The molecule has 0 radical (unpaired) electrons. The van der Waals surface area contributed by atoms with Gasteiger partial charge in [-0.3, -0.25) is 9.59 Å². The minimum Gasteiger partial charge on any atom is -0.469 e. The molecular weight excluding hydrogens is 170 g/mol. The second kappa shape index (κ2) is 2.25. The van der Waals surface area contributed by atoms with Gasteiger partial charge in [-0.25, -0.2) is 0 Å². The zero-order chi connectivity index (χ0) is 9.69. The molecule has 3 fully saturated rings. The zero-order valence-corrected chi connectivity index (χ0v) is 7.85. The van der Waals surface area contributed by atoms with Crippen molar-refractivity contribution in [1.82, 2.24) is 5.32 Å². The molecule has 0 spiro atoms. The highest BCUT2D eigenvalue weighted by atomic mass is 16.5. The predicted molar refractivity (Wildman–Crippen MR) is 44.8 cm³/mol. The largest absolute Gasteiger partial charge is 0.469 e. The highest BCUT2D eigenvalue weighted by molar-refractivity contribution is 5.84. The summed E-state index contributed by atoms with van der Waals surface area (Å²) in [4.78, 5) is 22.0. The van der Waals surface area contributed by atoms with Crippen molar-refractivity contribution in [3.05, 3.63) is 0 Å². The summed E-state index contributed by atoms with van der Waals surface area (Å²) in [5, 5.41) is 2.88. The summed E-state index contributed by atoms with van der Waals surface area (Å²) in [6.07, 6.45) is 2.27. The number of hydrogen-bond donors (Lipinski definition) is 1. The van der Waals surface area contributed by atoms with Crippen LogP contribution in [0.4, 0.5) is 0 Å². The van der Waals surface area contributed by atoms with Gasteiger partial charge in [-0.1, -0.05) is 0 Å². The van der Waals surface area contributed by atoms with Crippen LogP contribution in [0.5, 0.6) is 0 Å². The Bertz CT molecular complexity index is 265. The molecule has 1 N–H and O–H groups in total. The molecule has 0 aromatic heterocycles. The molecule has 3 aliphatic rings. The van der Waals surface area contributed by atoms with E-state index in [4.69, 9.17) is 4.74 Å². The fourth-order valence-corrected chi connectivity index (χ4v) is 2.73. The van der Waals surface area contributed by atoms with Gasteiger partial charge in [0.1, 0.15) is 0 Å². The Morgan fingerprint density at radius 3 is 2.23 bits per heavy atom. The fraction of sp³-hybridized carbons (Fsp3) is 0.778. The van der Waals surface area contributed by atoms with E-state index in [1.165, 1.54) is 14.0 Å². The molecule has 0 heterocycles. The first kappa shape index (κ1) is 8.53. The Kier molecular flexibility index (Phi) is 1.47. The molecule has 0 aliphatic heterocycles. The molecule has 3 rings (SSSR count). The van der Waals surface area contributed by atoms with Crippen LogP contribution in [0.15, 0.2) is 0 Å². The minimum atomic E-state index is -0.253. The summed E-state index contributed by atoms with van der Waals surface area (Å²) in [5.74, 6) is -0.141. The van der Waals surface area contributed by atoms with Crippen LogP contribution in [0.2, 0.25) is 0 Å². The average molecular weight is 183 g/mol. The van der Waals surface area contributed by atoms with Crippen molar-refractivity contribution in [3.8, 4) is 0 Å². The SMILES string of the molecule is COC(=O)C12CC(NC(C)=O)(C1)C2. The Morgan fingerprint density at radius 1 is 1.31 bits per heavy atom. The Morgan fingerprint density at radius 2 is 1.85 bits per heavy atom. The summed E-state index contributed by atoms with van der Waals surface area (Å²) in [6, 6.07) is 0. The summed E-state index contributed by atoms with van der Waals surface area (Å²) in [6.45, 7) is 1.51. The number of methoxy groups -OCH3 is 1. The van der Waals surface area contributed by atoms with Gasteiger partial charge in [0.25, 0.3) is 0 Å². The van der Waals surface area contributed by atoms with Crippen molar-refractivity contribution in [2.45, 2.75) is 31.7 Å². The van der Waals surface area contributed by atoms with E-state index in [0.717, 1.165) is 19.3 Å². The first-order valence-electron chi connectivity index (χ1n) is 4.39. The van der Waals surface area contributed by atoms with Gasteiger partial charge < -0.3 is 10.1 Å². The predicted octanol–water partition coefficient (Wildman–Crippen LogP) is 0.218. The van der Waals surface area contributed by atoms with Gasteiger partial charge in [-0.15, -0.1) is 0 Å². The summed E-state index contributed by atoms with van der Waals surface area (Å²) < 4.78 is 4.69. The fourth-order valence-electron chi connectivity index (χ4n) is 2.73. The number of amides is 1. The molecule has 0 aromatic carbocycles. The number of carbonyl (C=O) groups excluding carboxylic acids is 2. The monoisotopic (exact) mass is 183 g/mol. The van der Waals surface area contributed by atoms with Crippen LogP contribution in [-0.4, -0.2) is 24.5 Å². The van der Waals surface area contributed by atoms with Gasteiger partial charge in [-0.2, -0.15) is 0 Å². The summed E-state index contributed by atoms with van der Waals surface area (Å²) in [7, 11) is 1.41. The molecule has 0 aromatic rings.